The zero-order valence-electron chi connectivity index (χ0n) is 15.7. The van der Waals surface area contributed by atoms with Crippen LogP contribution in [0.3, 0.4) is 0 Å². The van der Waals surface area contributed by atoms with Crippen molar-refractivity contribution in [3.63, 3.8) is 0 Å². The Morgan fingerprint density at radius 1 is 1.27 bits per heavy atom. The van der Waals surface area contributed by atoms with E-state index in [1.165, 1.54) is 18.2 Å². The fourth-order valence-corrected chi connectivity index (χ4v) is 4.15. The number of benzene rings is 2. The van der Waals surface area contributed by atoms with E-state index in [1.54, 1.807) is 24.5 Å². The van der Waals surface area contributed by atoms with E-state index >= 15 is 0 Å². The summed E-state index contributed by atoms with van der Waals surface area (Å²) in [7, 11) is -4.06. The first kappa shape index (κ1) is 20.5. The molecule has 2 aromatic carbocycles. The van der Waals surface area contributed by atoms with Crippen molar-refractivity contribution in [2.24, 2.45) is 5.14 Å². The van der Waals surface area contributed by atoms with Crippen molar-refractivity contribution >= 4 is 33.2 Å². The smallest absolute Gasteiger partial charge is 0.238 e. The number of nitrogens with one attached hydrogen (secondary N) is 1. The molecule has 3 N–H and O–H groups in total. The van der Waals surface area contributed by atoms with Crippen LogP contribution in [0.2, 0.25) is 5.02 Å². The van der Waals surface area contributed by atoms with Gasteiger partial charge in [-0.2, -0.15) is 5.10 Å². The molecule has 3 aromatic rings. The van der Waals surface area contributed by atoms with Crippen molar-refractivity contribution in [2.75, 3.05) is 5.32 Å². The number of sulfonamides is 1. The highest BCUT2D eigenvalue weighted by Crippen LogP contribution is 2.36. The van der Waals surface area contributed by atoms with Crippen LogP contribution in [0.15, 0.2) is 53.7 Å². The predicted octanol–water partition coefficient (Wildman–Crippen LogP) is 3.51. The lowest BCUT2D eigenvalue weighted by Gasteiger charge is -2.11. The number of halogens is 2. The van der Waals surface area contributed by atoms with Crippen LogP contribution in [0, 0.1) is 5.82 Å². The number of hydrogen-bond acceptors (Lipinski definition) is 4. The normalized spacial score (nSPS) is 14.0. The van der Waals surface area contributed by atoms with Crippen LogP contribution >= 0.6 is 11.6 Å². The molecule has 0 radical (unpaired) electrons. The van der Waals surface area contributed by atoms with Gasteiger partial charge in [0.05, 0.1) is 23.6 Å². The van der Waals surface area contributed by atoms with Crippen LogP contribution in [0.4, 0.5) is 10.1 Å². The van der Waals surface area contributed by atoms with Gasteiger partial charge in [0.1, 0.15) is 5.82 Å². The second-order valence-corrected chi connectivity index (χ2v) is 9.09. The van der Waals surface area contributed by atoms with Crippen molar-refractivity contribution in [1.29, 1.82) is 0 Å². The number of aromatic nitrogens is 2. The predicted molar refractivity (Wildman–Crippen MR) is 111 cm³/mol. The summed E-state index contributed by atoms with van der Waals surface area (Å²) in [5.41, 5.74) is 1.75. The third-order valence-corrected chi connectivity index (χ3v) is 6.07. The Balaban J connectivity index is 1.58. The van der Waals surface area contributed by atoms with Crippen LogP contribution in [-0.2, 0) is 21.2 Å². The molecule has 30 heavy (non-hydrogen) atoms. The van der Waals surface area contributed by atoms with Crippen LogP contribution in [0.5, 0.6) is 0 Å². The van der Waals surface area contributed by atoms with Crippen molar-refractivity contribution in [3.05, 3.63) is 65.2 Å². The fourth-order valence-electron chi connectivity index (χ4n) is 3.13. The zero-order chi connectivity index (χ0) is 21.5. The average molecular weight is 449 g/mol. The Hall–Kier alpha value is -2.75. The quantitative estimate of drug-likeness (QED) is 0.601. The number of nitrogens with two attached hydrogens (primary N) is 1. The van der Waals surface area contributed by atoms with Gasteiger partial charge in [-0.05, 0) is 42.7 Å². The molecule has 1 aliphatic carbocycles. The third-order valence-electron chi connectivity index (χ3n) is 4.77. The molecule has 1 aromatic heterocycles. The van der Waals surface area contributed by atoms with Crippen LogP contribution in [-0.4, -0.2) is 24.1 Å². The number of nitrogens with zero attached hydrogens (tertiary/aromatic N) is 2. The van der Waals surface area contributed by atoms with E-state index < -0.39 is 21.7 Å². The molecule has 0 spiro atoms. The molecular formula is C20H18ClFN4O3S. The van der Waals surface area contributed by atoms with Gasteiger partial charge < -0.3 is 5.32 Å². The summed E-state index contributed by atoms with van der Waals surface area (Å²) in [5, 5.41) is 12.5. The molecule has 1 aliphatic rings. The van der Waals surface area contributed by atoms with Gasteiger partial charge in [-0.3, -0.25) is 9.48 Å². The number of hydrogen-bond donors (Lipinski definition) is 2. The second-order valence-electron chi connectivity index (χ2n) is 7.16. The van der Waals surface area contributed by atoms with E-state index in [4.69, 9.17) is 16.7 Å². The summed E-state index contributed by atoms with van der Waals surface area (Å²) in [6.45, 7) is 0. The fraction of sp³-hybridized carbons (Fsp3) is 0.200. The lowest BCUT2D eigenvalue weighted by Crippen LogP contribution is -2.17. The van der Waals surface area contributed by atoms with Gasteiger partial charge in [0.15, 0.2) is 0 Å². The second kappa shape index (κ2) is 7.82. The summed E-state index contributed by atoms with van der Waals surface area (Å²) >= 11 is 5.96. The minimum absolute atomic E-state index is 0.0975. The van der Waals surface area contributed by atoms with E-state index in [0.29, 0.717) is 22.7 Å². The van der Waals surface area contributed by atoms with Gasteiger partial charge in [-0.15, -0.1) is 0 Å². The first-order valence-electron chi connectivity index (χ1n) is 9.16. The van der Waals surface area contributed by atoms with Crippen molar-refractivity contribution in [1.82, 2.24) is 9.78 Å². The Kier molecular flexibility index (Phi) is 5.35. The van der Waals surface area contributed by atoms with Gasteiger partial charge in [0, 0.05) is 28.0 Å². The van der Waals surface area contributed by atoms with Crippen molar-refractivity contribution in [3.8, 4) is 11.1 Å². The topological polar surface area (TPSA) is 107 Å². The molecule has 1 heterocycles. The number of amides is 1. The Morgan fingerprint density at radius 2 is 2.03 bits per heavy atom. The number of primary sulfonamides is 1. The van der Waals surface area contributed by atoms with Crippen LogP contribution < -0.4 is 10.5 Å². The highest BCUT2D eigenvalue weighted by Gasteiger charge is 2.25. The molecule has 0 aliphatic heterocycles. The van der Waals surface area contributed by atoms with E-state index in [1.807, 2.05) is 4.68 Å². The van der Waals surface area contributed by atoms with Gasteiger partial charge in [-0.25, -0.2) is 17.9 Å². The minimum Gasteiger partial charge on any atom is -0.326 e. The van der Waals surface area contributed by atoms with E-state index in [0.717, 1.165) is 18.9 Å². The summed E-state index contributed by atoms with van der Waals surface area (Å²) in [4.78, 5) is 12.2. The first-order chi connectivity index (χ1) is 14.2. The molecule has 0 unspecified atom stereocenters. The standard InChI is InChI=1S/C20H18ClFN4O3S/c21-18-8-14(22)2-1-12(18)7-20(27)25-15-3-6-17(19(9-15)30(23,28)29)13-10-24-26(11-13)16-4-5-16/h1-3,6,8-11,16H,4-5,7H2,(H,25,27)(H2,23,28,29). The van der Waals surface area contributed by atoms with E-state index in [9.17, 15) is 17.6 Å². The van der Waals surface area contributed by atoms with Crippen LogP contribution in [0.1, 0.15) is 24.4 Å². The van der Waals surface area contributed by atoms with E-state index in [2.05, 4.69) is 10.4 Å². The van der Waals surface area contributed by atoms with Gasteiger partial charge in [0.25, 0.3) is 0 Å². The van der Waals surface area contributed by atoms with Crippen molar-refractivity contribution < 1.29 is 17.6 Å². The molecule has 0 bridgehead atoms. The highest BCUT2D eigenvalue weighted by atomic mass is 35.5. The average Bonchev–Trinajstić information content (AvgIpc) is 3.40. The molecule has 1 amide bonds. The molecular weight excluding hydrogens is 431 g/mol. The van der Waals surface area contributed by atoms with Crippen molar-refractivity contribution in [2.45, 2.75) is 30.2 Å². The monoisotopic (exact) mass is 448 g/mol. The molecule has 4 rings (SSSR count). The third kappa shape index (κ3) is 4.53. The molecule has 0 saturated heterocycles. The van der Waals surface area contributed by atoms with Gasteiger partial charge >= 0.3 is 0 Å². The molecule has 156 valence electrons. The number of rotatable bonds is 6. The highest BCUT2D eigenvalue weighted by molar-refractivity contribution is 7.89. The molecule has 1 fully saturated rings. The molecule has 0 atom stereocenters. The SMILES string of the molecule is NS(=O)(=O)c1cc(NC(=O)Cc2ccc(F)cc2Cl)ccc1-c1cnn(C2CC2)c1. The summed E-state index contributed by atoms with van der Waals surface area (Å²) in [6, 6.07) is 8.59. The summed E-state index contributed by atoms with van der Waals surface area (Å²) in [6.07, 6.45) is 5.38. The largest absolute Gasteiger partial charge is 0.326 e. The zero-order valence-corrected chi connectivity index (χ0v) is 17.3. The first-order valence-corrected chi connectivity index (χ1v) is 11.1. The van der Waals surface area contributed by atoms with Gasteiger partial charge in [0.2, 0.25) is 15.9 Å². The Bertz CT molecular complexity index is 1240. The lowest BCUT2D eigenvalue weighted by molar-refractivity contribution is -0.115. The summed E-state index contributed by atoms with van der Waals surface area (Å²) in [5.74, 6) is -0.930. The van der Waals surface area contributed by atoms with Crippen LogP contribution in [0.25, 0.3) is 11.1 Å². The number of anilines is 1. The number of carbonyl (C=O) groups is 1. The Labute approximate surface area is 177 Å². The molecule has 10 heteroatoms. The maximum atomic E-state index is 13.2. The molecule has 1 saturated carbocycles. The lowest BCUT2D eigenvalue weighted by atomic mass is 10.1. The summed E-state index contributed by atoms with van der Waals surface area (Å²) < 4.78 is 39.3. The maximum Gasteiger partial charge on any atom is 0.238 e. The number of carbonyl (C=O) groups excluding carboxylic acids is 1. The van der Waals surface area contributed by atoms with E-state index in [-0.39, 0.29) is 22.0 Å². The Morgan fingerprint density at radius 3 is 2.70 bits per heavy atom. The minimum atomic E-state index is -4.06. The molecule has 7 nitrogen and oxygen atoms in total. The maximum absolute atomic E-state index is 13.2. The van der Waals surface area contributed by atoms with Gasteiger partial charge in [-0.1, -0.05) is 23.7 Å².